The van der Waals surface area contributed by atoms with Crippen LogP contribution in [0.2, 0.25) is 0 Å². The van der Waals surface area contributed by atoms with Gasteiger partial charge in [0.15, 0.2) is 0 Å². The molecule has 12 heavy (non-hydrogen) atoms. The molecular formula is C9H14N2S. The van der Waals surface area contributed by atoms with Crippen molar-refractivity contribution < 1.29 is 0 Å². The molecule has 1 aromatic rings. The molecular weight excluding hydrogens is 168 g/mol. The highest BCUT2D eigenvalue weighted by atomic mass is 32.1. The number of pyridine rings is 1. The quantitative estimate of drug-likeness (QED) is 0.539. The van der Waals surface area contributed by atoms with Crippen molar-refractivity contribution in [3.8, 4) is 0 Å². The van der Waals surface area contributed by atoms with Gasteiger partial charge in [0.2, 0.25) is 0 Å². The summed E-state index contributed by atoms with van der Waals surface area (Å²) in [7, 11) is 0. The Balaban J connectivity index is 2.16. The maximum atomic E-state index is 4.15. The average Bonchev–Trinajstić information content (AvgIpc) is 2.14. The lowest BCUT2D eigenvalue weighted by Gasteiger charge is -2.02. The van der Waals surface area contributed by atoms with E-state index in [1.807, 2.05) is 18.2 Å². The lowest BCUT2D eigenvalue weighted by Crippen LogP contribution is -2.02. The maximum absolute atomic E-state index is 4.15. The van der Waals surface area contributed by atoms with Gasteiger partial charge in [0.1, 0.15) is 5.82 Å². The van der Waals surface area contributed by atoms with Crippen LogP contribution in [-0.2, 0) is 0 Å². The van der Waals surface area contributed by atoms with E-state index in [1.54, 1.807) is 6.20 Å². The highest BCUT2D eigenvalue weighted by Crippen LogP contribution is 2.00. The van der Waals surface area contributed by atoms with E-state index in [0.29, 0.717) is 0 Å². The van der Waals surface area contributed by atoms with Gasteiger partial charge in [-0.25, -0.2) is 4.98 Å². The summed E-state index contributed by atoms with van der Waals surface area (Å²) in [5.41, 5.74) is 0. The molecule has 0 atom stereocenters. The highest BCUT2D eigenvalue weighted by molar-refractivity contribution is 7.80. The zero-order valence-electron chi connectivity index (χ0n) is 7.03. The number of aromatic nitrogens is 1. The molecule has 0 fully saturated rings. The van der Waals surface area contributed by atoms with E-state index in [9.17, 15) is 0 Å². The standard InChI is InChI=1S/C9H14N2S/c12-8-4-3-7-11-9-5-1-2-6-10-9/h1-2,5-6,12H,3-4,7-8H2,(H,10,11). The van der Waals surface area contributed by atoms with Gasteiger partial charge in [-0.3, -0.25) is 0 Å². The fourth-order valence-corrected chi connectivity index (χ4v) is 1.14. The van der Waals surface area contributed by atoms with E-state index in [4.69, 9.17) is 0 Å². The first-order valence-electron chi connectivity index (χ1n) is 4.19. The SMILES string of the molecule is SCCCCNc1ccccn1. The van der Waals surface area contributed by atoms with Crippen LogP contribution in [0.1, 0.15) is 12.8 Å². The number of hydrogen-bond acceptors (Lipinski definition) is 3. The third kappa shape index (κ3) is 3.62. The summed E-state index contributed by atoms with van der Waals surface area (Å²) in [5.74, 6) is 1.92. The zero-order chi connectivity index (χ0) is 8.65. The zero-order valence-corrected chi connectivity index (χ0v) is 7.93. The van der Waals surface area contributed by atoms with Gasteiger partial charge in [-0.2, -0.15) is 12.6 Å². The van der Waals surface area contributed by atoms with Crippen LogP contribution < -0.4 is 5.32 Å². The number of hydrogen-bond donors (Lipinski definition) is 2. The van der Waals surface area contributed by atoms with E-state index in [-0.39, 0.29) is 0 Å². The molecule has 1 N–H and O–H groups in total. The lowest BCUT2D eigenvalue weighted by molar-refractivity contribution is 0.841. The van der Waals surface area contributed by atoms with Gasteiger partial charge >= 0.3 is 0 Å². The Morgan fingerprint density at radius 2 is 2.25 bits per heavy atom. The Bertz CT molecular complexity index is 201. The van der Waals surface area contributed by atoms with Crippen LogP contribution in [0.3, 0.4) is 0 Å². The molecule has 0 unspecified atom stereocenters. The summed E-state index contributed by atoms with van der Waals surface area (Å²) in [6.45, 7) is 0.984. The Kier molecular flexibility index (Phi) is 4.61. The summed E-state index contributed by atoms with van der Waals surface area (Å²) in [5, 5.41) is 3.23. The minimum atomic E-state index is 0.955. The largest absolute Gasteiger partial charge is 0.370 e. The molecule has 0 aliphatic carbocycles. The van der Waals surface area contributed by atoms with Crippen LogP contribution in [0, 0.1) is 0 Å². The van der Waals surface area contributed by atoms with E-state index in [0.717, 1.165) is 31.0 Å². The topological polar surface area (TPSA) is 24.9 Å². The molecule has 2 nitrogen and oxygen atoms in total. The van der Waals surface area contributed by atoms with Crippen molar-refractivity contribution >= 4 is 18.4 Å². The summed E-state index contributed by atoms with van der Waals surface area (Å²) < 4.78 is 0. The number of thiol groups is 1. The van der Waals surface area contributed by atoms with Crippen LogP contribution in [0.15, 0.2) is 24.4 Å². The highest BCUT2D eigenvalue weighted by Gasteiger charge is 1.89. The summed E-state index contributed by atoms with van der Waals surface area (Å²) in [6, 6.07) is 5.87. The monoisotopic (exact) mass is 182 g/mol. The molecule has 0 aromatic carbocycles. The first-order chi connectivity index (χ1) is 5.93. The first-order valence-corrected chi connectivity index (χ1v) is 4.82. The van der Waals surface area contributed by atoms with Crippen molar-refractivity contribution in [1.82, 2.24) is 4.98 Å². The molecule has 1 heterocycles. The Labute approximate surface area is 78.8 Å². The molecule has 66 valence electrons. The number of unbranched alkanes of at least 4 members (excludes halogenated alkanes) is 1. The second kappa shape index (κ2) is 5.89. The van der Waals surface area contributed by atoms with Crippen molar-refractivity contribution in [2.75, 3.05) is 17.6 Å². The van der Waals surface area contributed by atoms with Crippen molar-refractivity contribution in [3.05, 3.63) is 24.4 Å². The van der Waals surface area contributed by atoms with Crippen molar-refractivity contribution in [1.29, 1.82) is 0 Å². The van der Waals surface area contributed by atoms with Gasteiger partial charge < -0.3 is 5.32 Å². The van der Waals surface area contributed by atoms with Crippen LogP contribution in [-0.4, -0.2) is 17.3 Å². The van der Waals surface area contributed by atoms with Gasteiger partial charge in [-0.05, 0) is 30.7 Å². The molecule has 0 amide bonds. The molecule has 0 aliphatic heterocycles. The van der Waals surface area contributed by atoms with Gasteiger partial charge in [-0.15, -0.1) is 0 Å². The second-order valence-corrected chi connectivity index (χ2v) is 3.02. The normalized spacial score (nSPS) is 9.75. The van der Waals surface area contributed by atoms with E-state index in [2.05, 4.69) is 22.9 Å². The van der Waals surface area contributed by atoms with E-state index in [1.165, 1.54) is 0 Å². The van der Waals surface area contributed by atoms with Gasteiger partial charge in [0, 0.05) is 12.7 Å². The molecule has 0 aliphatic rings. The molecule has 0 spiro atoms. The molecule has 0 radical (unpaired) electrons. The van der Waals surface area contributed by atoms with Crippen molar-refractivity contribution in [2.24, 2.45) is 0 Å². The lowest BCUT2D eigenvalue weighted by atomic mass is 10.3. The summed E-state index contributed by atoms with van der Waals surface area (Å²) >= 11 is 4.14. The first kappa shape index (κ1) is 9.39. The molecule has 0 saturated carbocycles. The number of nitrogens with zero attached hydrogens (tertiary/aromatic N) is 1. The van der Waals surface area contributed by atoms with Crippen LogP contribution >= 0.6 is 12.6 Å². The predicted molar refractivity (Wildman–Crippen MR) is 55.8 cm³/mol. The van der Waals surface area contributed by atoms with Crippen LogP contribution in [0.4, 0.5) is 5.82 Å². The van der Waals surface area contributed by atoms with Crippen molar-refractivity contribution in [2.45, 2.75) is 12.8 Å². The van der Waals surface area contributed by atoms with Gasteiger partial charge in [0.05, 0.1) is 0 Å². The average molecular weight is 182 g/mol. The molecule has 0 saturated heterocycles. The summed E-state index contributed by atoms with van der Waals surface area (Å²) in [6.07, 6.45) is 4.10. The maximum Gasteiger partial charge on any atom is 0.125 e. The molecule has 1 rings (SSSR count). The molecule has 1 aromatic heterocycles. The van der Waals surface area contributed by atoms with Gasteiger partial charge in [0.25, 0.3) is 0 Å². The second-order valence-electron chi connectivity index (χ2n) is 2.57. The Morgan fingerprint density at radius 1 is 1.33 bits per heavy atom. The Hall–Kier alpha value is -0.700. The van der Waals surface area contributed by atoms with Crippen LogP contribution in [0.5, 0.6) is 0 Å². The smallest absolute Gasteiger partial charge is 0.125 e. The van der Waals surface area contributed by atoms with Gasteiger partial charge in [-0.1, -0.05) is 6.07 Å². The fraction of sp³-hybridized carbons (Fsp3) is 0.444. The molecule has 0 bridgehead atoms. The van der Waals surface area contributed by atoms with E-state index < -0.39 is 0 Å². The minimum Gasteiger partial charge on any atom is -0.370 e. The van der Waals surface area contributed by atoms with Crippen LogP contribution in [0.25, 0.3) is 0 Å². The molecule has 3 heteroatoms. The third-order valence-electron chi connectivity index (χ3n) is 1.56. The number of anilines is 1. The number of nitrogens with one attached hydrogen (secondary N) is 1. The minimum absolute atomic E-state index is 0.955. The number of rotatable bonds is 5. The van der Waals surface area contributed by atoms with Crippen molar-refractivity contribution in [3.63, 3.8) is 0 Å². The fourth-order valence-electron chi connectivity index (χ4n) is 0.921. The summed E-state index contributed by atoms with van der Waals surface area (Å²) in [4.78, 5) is 4.15. The third-order valence-corrected chi connectivity index (χ3v) is 1.87. The predicted octanol–water partition coefficient (Wildman–Crippen LogP) is 2.20. The van der Waals surface area contributed by atoms with E-state index >= 15 is 0 Å². The Morgan fingerprint density at radius 3 is 2.92 bits per heavy atom.